The lowest BCUT2D eigenvalue weighted by atomic mass is 9.69. The molecule has 2 heterocycles. The van der Waals surface area contributed by atoms with Gasteiger partial charge in [-0.25, -0.2) is 4.98 Å². The summed E-state index contributed by atoms with van der Waals surface area (Å²) in [7, 11) is 0. The topological polar surface area (TPSA) is 72.1 Å². The number of H-pyrrole nitrogens is 1. The molecule has 1 saturated carbocycles. The molecule has 1 N–H and O–H groups in total. The van der Waals surface area contributed by atoms with Crippen LogP contribution in [0.25, 0.3) is 0 Å². The quantitative estimate of drug-likeness (QED) is 0.549. The Labute approximate surface area is 99.6 Å². The third-order valence-corrected chi connectivity index (χ3v) is 3.56. The second-order valence-electron chi connectivity index (χ2n) is 4.68. The second-order valence-corrected chi connectivity index (χ2v) is 4.68. The average molecular weight is 236 g/mol. The number of fused-ring (bicyclic) bond motifs is 1. The molecule has 17 heavy (non-hydrogen) atoms. The van der Waals surface area contributed by atoms with Crippen molar-refractivity contribution in [3.8, 4) is 0 Å². The molecular formula is C12H16N2O3. The van der Waals surface area contributed by atoms with Gasteiger partial charge in [-0.2, -0.15) is 0 Å². The number of nitrogens with one attached hydrogen (secondary N) is 1. The number of ether oxygens (including phenoxy) is 1. The van der Waals surface area contributed by atoms with Crippen LogP contribution in [0.5, 0.6) is 0 Å². The number of carbonyl (C=O) groups is 2. The maximum Gasteiger partial charge on any atom is 0.320 e. The summed E-state index contributed by atoms with van der Waals surface area (Å²) in [5.41, 5.74) is -0.491. The number of imidazole rings is 1. The lowest BCUT2D eigenvalue weighted by Gasteiger charge is -2.29. The van der Waals surface area contributed by atoms with Crippen LogP contribution in [0.1, 0.15) is 32.6 Å². The van der Waals surface area contributed by atoms with Gasteiger partial charge in [-0.1, -0.05) is 12.8 Å². The van der Waals surface area contributed by atoms with E-state index >= 15 is 0 Å². The van der Waals surface area contributed by atoms with Crippen LogP contribution in [0.15, 0.2) is 18.7 Å². The van der Waals surface area contributed by atoms with Crippen molar-refractivity contribution in [2.75, 3.05) is 0 Å². The summed E-state index contributed by atoms with van der Waals surface area (Å²) in [5.74, 6) is -0.766. The van der Waals surface area contributed by atoms with Crippen LogP contribution in [0, 0.1) is 11.3 Å². The number of aromatic nitrogens is 2. The molecule has 0 radical (unpaired) electrons. The van der Waals surface area contributed by atoms with Gasteiger partial charge in [0.25, 0.3) is 0 Å². The van der Waals surface area contributed by atoms with Gasteiger partial charge in [0.1, 0.15) is 0 Å². The van der Waals surface area contributed by atoms with E-state index in [4.69, 9.17) is 0 Å². The maximum absolute atomic E-state index is 11.3. The number of hydrogen-bond acceptors (Lipinski definition) is 4. The van der Waals surface area contributed by atoms with Crippen LogP contribution >= 0.6 is 0 Å². The lowest BCUT2D eigenvalue weighted by Crippen LogP contribution is -2.33. The molecule has 0 bridgehead atoms. The van der Waals surface area contributed by atoms with Gasteiger partial charge in [-0.15, -0.1) is 0 Å². The lowest BCUT2D eigenvalue weighted by molar-refractivity contribution is -0.155. The highest BCUT2D eigenvalue weighted by molar-refractivity contribution is 5.99. The Morgan fingerprint density at radius 1 is 1.47 bits per heavy atom. The minimum absolute atomic E-state index is 0.154. The Bertz CT molecular complexity index is 385. The summed E-state index contributed by atoms with van der Waals surface area (Å²) in [6, 6.07) is 0. The van der Waals surface area contributed by atoms with Gasteiger partial charge in [0, 0.05) is 12.4 Å². The molecule has 2 unspecified atom stereocenters. The van der Waals surface area contributed by atoms with E-state index in [9.17, 15) is 9.59 Å². The van der Waals surface area contributed by atoms with Crippen molar-refractivity contribution >= 4 is 11.9 Å². The predicted molar refractivity (Wildman–Crippen MR) is 59.8 cm³/mol. The van der Waals surface area contributed by atoms with Gasteiger partial charge in [0.15, 0.2) is 0 Å². The van der Waals surface area contributed by atoms with Crippen molar-refractivity contribution < 1.29 is 14.3 Å². The van der Waals surface area contributed by atoms with E-state index in [2.05, 4.69) is 14.7 Å². The largest absolute Gasteiger partial charge is 0.392 e. The Hall–Kier alpha value is -1.65. The number of cyclic esters (lactones) is 2. The number of carbonyl (C=O) groups excluding carboxylic acids is 2. The first-order valence-electron chi connectivity index (χ1n) is 5.83. The van der Waals surface area contributed by atoms with Gasteiger partial charge in [-0.3, -0.25) is 9.59 Å². The average Bonchev–Trinajstić information content (AvgIpc) is 2.93. The zero-order chi connectivity index (χ0) is 12.3. The summed E-state index contributed by atoms with van der Waals surface area (Å²) >= 11 is 0. The minimum atomic E-state index is -0.491. The van der Waals surface area contributed by atoms with Crippen molar-refractivity contribution in [1.82, 2.24) is 9.97 Å². The number of esters is 2. The smallest absolute Gasteiger partial charge is 0.320 e. The van der Waals surface area contributed by atoms with Gasteiger partial charge >= 0.3 is 11.9 Å². The second kappa shape index (κ2) is 4.69. The van der Waals surface area contributed by atoms with E-state index in [0.717, 1.165) is 25.7 Å². The molecule has 1 aromatic heterocycles. The SMILES string of the molecule is CC12CCCCC1C(=O)OC2=O.c1c[nH]cn1. The van der Waals surface area contributed by atoms with E-state index in [1.54, 1.807) is 18.7 Å². The Balaban J connectivity index is 0.000000181. The van der Waals surface area contributed by atoms with Crippen LogP contribution in [0.2, 0.25) is 0 Å². The third-order valence-electron chi connectivity index (χ3n) is 3.56. The molecule has 1 aromatic rings. The molecule has 5 nitrogen and oxygen atoms in total. The molecule has 92 valence electrons. The summed E-state index contributed by atoms with van der Waals surface area (Å²) in [6.45, 7) is 1.85. The van der Waals surface area contributed by atoms with Crippen molar-refractivity contribution in [2.45, 2.75) is 32.6 Å². The summed E-state index contributed by atoms with van der Waals surface area (Å²) < 4.78 is 4.63. The first-order valence-corrected chi connectivity index (χ1v) is 5.83. The van der Waals surface area contributed by atoms with Crippen LogP contribution in [0.4, 0.5) is 0 Å². The highest BCUT2D eigenvalue weighted by Gasteiger charge is 2.54. The van der Waals surface area contributed by atoms with E-state index in [-0.39, 0.29) is 17.9 Å². The molecule has 0 aromatic carbocycles. The Kier molecular flexibility index (Phi) is 3.26. The highest BCUT2D eigenvalue weighted by atomic mass is 16.6. The Morgan fingerprint density at radius 3 is 2.82 bits per heavy atom. The molecule has 0 spiro atoms. The monoisotopic (exact) mass is 236 g/mol. The van der Waals surface area contributed by atoms with E-state index < -0.39 is 5.41 Å². The fourth-order valence-corrected chi connectivity index (χ4v) is 2.45. The van der Waals surface area contributed by atoms with Crippen molar-refractivity contribution in [2.24, 2.45) is 11.3 Å². The molecule has 3 rings (SSSR count). The normalized spacial score (nSPS) is 31.2. The molecule has 2 atom stereocenters. The minimum Gasteiger partial charge on any atom is -0.392 e. The summed E-state index contributed by atoms with van der Waals surface area (Å²) in [4.78, 5) is 28.9. The van der Waals surface area contributed by atoms with E-state index in [1.165, 1.54) is 0 Å². The van der Waals surface area contributed by atoms with Crippen LogP contribution in [-0.4, -0.2) is 21.9 Å². The van der Waals surface area contributed by atoms with Gasteiger partial charge in [0.2, 0.25) is 0 Å². The highest BCUT2D eigenvalue weighted by Crippen LogP contribution is 2.46. The molecule has 1 aliphatic carbocycles. The number of nitrogens with zero attached hydrogens (tertiary/aromatic N) is 1. The molecule has 2 fully saturated rings. The molecular weight excluding hydrogens is 220 g/mol. The molecule has 1 aliphatic heterocycles. The third kappa shape index (κ3) is 2.23. The van der Waals surface area contributed by atoms with Gasteiger partial charge in [-0.05, 0) is 19.8 Å². The first kappa shape index (κ1) is 11.8. The number of rotatable bonds is 0. The molecule has 1 saturated heterocycles. The molecule has 2 aliphatic rings. The van der Waals surface area contributed by atoms with Crippen LogP contribution in [-0.2, 0) is 14.3 Å². The van der Waals surface area contributed by atoms with Gasteiger partial charge < -0.3 is 9.72 Å². The number of hydrogen-bond donors (Lipinski definition) is 1. The predicted octanol–water partition coefficient (Wildman–Crippen LogP) is 1.68. The molecule has 0 amide bonds. The van der Waals surface area contributed by atoms with Crippen LogP contribution < -0.4 is 0 Å². The van der Waals surface area contributed by atoms with Crippen molar-refractivity contribution in [1.29, 1.82) is 0 Å². The summed E-state index contributed by atoms with van der Waals surface area (Å²) in [6.07, 6.45) is 8.79. The van der Waals surface area contributed by atoms with Crippen molar-refractivity contribution in [3.05, 3.63) is 18.7 Å². The fourth-order valence-electron chi connectivity index (χ4n) is 2.45. The van der Waals surface area contributed by atoms with Crippen molar-refractivity contribution in [3.63, 3.8) is 0 Å². The van der Waals surface area contributed by atoms with E-state index in [0.29, 0.717) is 0 Å². The Morgan fingerprint density at radius 2 is 2.29 bits per heavy atom. The molecule has 5 heteroatoms. The zero-order valence-electron chi connectivity index (χ0n) is 9.81. The van der Waals surface area contributed by atoms with E-state index in [1.807, 2.05) is 6.92 Å². The summed E-state index contributed by atoms with van der Waals surface area (Å²) in [5, 5.41) is 0. The zero-order valence-corrected chi connectivity index (χ0v) is 9.81. The first-order chi connectivity index (χ1) is 8.14. The standard InChI is InChI=1S/C9H12O3.C3H4N2/c1-9-5-3-2-4-6(9)7(10)12-8(9)11;1-2-5-3-4-1/h6H,2-5H2,1H3;1-3H,(H,4,5). The number of aromatic amines is 1. The van der Waals surface area contributed by atoms with Gasteiger partial charge in [0.05, 0.1) is 17.7 Å². The maximum atomic E-state index is 11.3. The fraction of sp³-hybridized carbons (Fsp3) is 0.583. The van der Waals surface area contributed by atoms with Crippen LogP contribution in [0.3, 0.4) is 0 Å².